The van der Waals surface area contributed by atoms with Gasteiger partial charge in [0.1, 0.15) is 0 Å². The summed E-state index contributed by atoms with van der Waals surface area (Å²) >= 11 is 0. The van der Waals surface area contributed by atoms with Crippen molar-refractivity contribution in [2.75, 3.05) is 6.61 Å². The second-order valence-electron chi connectivity index (χ2n) is 2.23. The van der Waals surface area contributed by atoms with Crippen molar-refractivity contribution in [1.82, 2.24) is 0 Å². The third-order valence-electron chi connectivity index (χ3n) is 1.44. The summed E-state index contributed by atoms with van der Waals surface area (Å²) in [5.41, 5.74) is 5.50. The van der Waals surface area contributed by atoms with Crippen molar-refractivity contribution >= 4 is 12.4 Å². The van der Waals surface area contributed by atoms with Crippen molar-refractivity contribution in [2.45, 2.75) is 12.5 Å². The summed E-state index contributed by atoms with van der Waals surface area (Å²) in [6.45, 7) is 0.240. The third kappa shape index (κ3) is 2.35. The Morgan fingerprint density at radius 3 is 2.44 bits per heavy atom. The molecule has 0 aromatic carbocycles. The molecule has 0 bridgehead atoms. The van der Waals surface area contributed by atoms with E-state index in [9.17, 15) is 0 Å². The average Bonchev–Trinajstić information content (AvgIpc) is 2.14. The highest BCUT2D eigenvalue weighted by atomic mass is 35.5. The van der Waals surface area contributed by atoms with Crippen LogP contribution in [0.25, 0.3) is 0 Å². The number of aliphatic hydroxyl groups excluding tert-OH is 1. The van der Waals surface area contributed by atoms with Crippen molar-refractivity contribution in [2.24, 2.45) is 11.7 Å². The van der Waals surface area contributed by atoms with E-state index in [4.69, 9.17) is 10.8 Å². The summed E-state index contributed by atoms with van der Waals surface area (Å²) < 4.78 is 0. The first-order chi connectivity index (χ1) is 3.83. The molecule has 3 heteroatoms. The van der Waals surface area contributed by atoms with Crippen molar-refractivity contribution in [3.63, 3.8) is 0 Å². The standard InChI is InChI=1S/C6H11NO.ClH/c7-6-2-1-5(3-6)4-8;/h1-2,5-6,8H,3-4,7H2;1H/t5-,6+;/m1./s1. The molecule has 0 radical (unpaired) electrons. The molecule has 3 N–H and O–H groups in total. The minimum absolute atomic E-state index is 0. The van der Waals surface area contributed by atoms with E-state index in [0.717, 1.165) is 6.42 Å². The van der Waals surface area contributed by atoms with Crippen LogP contribution in [0.3, 0.4) is 0 Å². The molecule has 9 heavy (non-hydrogen) atoms. The van der Waals surface area contributed by atoms with E-state index in [1.54, 1.807) is 0 Å². The van der Waals surface area contributed by atoms with Crippen LogP contribution < -0.4 is 5.73 Å². The fourth-order valence-electron chi connectivity index (χ4n) is 0.942. The maximum Gasteiger partial charge on any atom is 0.0494 e. The van der Waals surface area contributed by atoms with Gasteiger partial charge in [-0.2, -0.15) is 0 Å². The maximum absolute atomic E-state index is 8.58. The highest BCUT2D eigenvalue weighted by molar-refractivity contribution is 5.85. The Labute approximate surface area is 61.2 Å². The van der Waals surface area contributed by atoms with Gasteiger partial charge in [0, 0.05) is 18.6 Å². The molecule has 0 aliphatic heterocycles. The molecule has 0 unspecified atom stereocenters. The summed E-state index contributed by atoms with van der Waals surface area (Å²) in [7, 11) is 0. The van der Waals surface area contributed by atoms with Crippen molar-refractivity contribution < 1.29 is 5.11 Å². The molecule has 0 aromatic rings. The lowest BCUT2D eigenvalue weighted by Gasteiger charge is -2.02. The SMILES string of the molecule is Cl.N[C@H]1C=C[C@@H](CO)C1. The Bertz CT molecular complexity index is 105. The molecule has 0 aromatic heterocycles. The number of hydrogen-bond acceptors (Lipinski definition) is 2. The van der Waals surface area contributed by atoms with E-state index < -0.39 is 0 Å². The summed E-state index contributed by atoms with van der Waals surface area (Å²) in [6.07, 6.45) is 4.84. The zero-order valence-corrected chi connectivity index (χ0v) is 5.97. The lowest BCUT2D eigenvalue weighted by atomic mass is 10.1. The molecule has 0 saturated carbocycles. The number of halogens is 1. The zero-order chi connectivity index (χ0) is 5.98. The molecule has 2 atom stereocenters. The van der Waals surface area contributed by atoms with E-state index in [1.807, 2.05) is 12.2 Å². The van der Waals surface area contributed by atoms with Gasteiger partial charge in [0.2, 0.25) is 0 Å². The van der Waals surface area contributed by atoms with E-state index in [0.29, 0.717) is 5.92 Å². The van der Waals surface area contributed by atoms with Gasteiger partial charge in [-0.25, -0.2) is 0 Å². The molecule has 0 fully saturated rings. The quantitative estimate of drug-likeness (QED) is 0.527. The summed E-state index contributed by atoms with van der Waals surface area (Å²) in [5.74, 6) is 0.324. The Morgan fingerprint density at radius 2 is 2.22 bits per heavy atom. The van der Waals surface area contributed by atoms with E-state index >= 15 is 0 Å². The minimum Gasteiger partial charge on any atom is -0.396 e. The van der Waals surface area contributed by atoms with Gasteiger partial charge in [-0.3, -0.25) is 0 Å². The van der Waals surface area contributed by atoms with E-state index in [1.165, 1.54) is 0 Å². The fraction of sp³-hybridized carbons (Fsp3) is 0.667. The Kier molecular flexibility index (Phi) is 3.86. The highest BCUT2D eigenvalue weighted by Gasteiger charge is 2.13. The molecule has 1 aliphatic rings. The molecule has 1 rings (SSSR count). The molecule has 54 valence electrons. The largest absolute Gasteiger partial charge is 0.396 e. The summed E-state index contributed by atoms with van der Waals surface area (Å²) in [6, 6.07) is 0.187. The van der Waals surface area contributed by atoms with Gasteiger partial charge in [0.25, 0.3) is 0 Å². The van der Waals surface area contributed by atoms with E-state index in [-0.39, 0.29) is 25.1 Å². The number of nitrogens with two attached hydrogens (primary N) is 1. The first kappa shape index (κ1) is 8.95. The average molecular weight is 150 g/mol. The van der Waals surface area contributed by atoms with Gasteiger partial charge < -0.3 is 10.8 Å². The number of hydrogen-bond donors (Lipinski definition) is 2. The predicted molar refractivity (Wildman–Crippen MR) is 39.6 cm³/mol. The fourth-order valence-corrected chi connectivity index (χ4v) is 0.942. The zero-order valence-electron chi connectivity index (χ0n) is 5.16. The minimum atomic E-state index is 0. The Balaban J connectivity index is 0.000000640. The highest BCUT2D eigenvalue weighted by Crippen LogP contribution is 2.14. The summed E-state index contributed by atoms with van der Waals surface area (Å²) in [4.78, 5) is 0. The van der Waals surface area contributed by atoms with E-state index in [2.05, 4.69) is 0 Å². The van der Waals surface area contributed by atoms with Crippen molar-refractivity contribution in [1.29, 1.82) is 0 Å². The van der Waals surface area contributed by atoms with Crippen LogP contribution in [0.4, 0.5) is 0 Å². The molecular weight excluding hydrogens is 138 g/mol. The monoisotopic (exact) mass is 149 g/mol. The van der Waals surface area contributed by atoms with Gasteiger partial charge in [-0.15, -0.1) is 12.4 Å². The predicted octanol–water partition coefficient (Wildman–Crippen LogP) is 0.304. The van der Waals surface area contributed by atoms with Gasteiger partial charge in [0.05, 0.1) is 0 Å². The van der Waals surface area contributed by atoms with Crippen LogP contribution in [-0.2, 0) is 0 Å². The molecular formula is C6H12ClNO. The molecule has 1 aliphatic carbocycles. The van der Waals surface area contributed by atoms with Crippen LogP contribution in [0.15, 0.2) is 12.2 Å². The maximum atomic E-state index is 8.58. The lowest BCUT2D eigenvalue weighted by molar-refractivity contribution is 0.249. The number of aliphatic hydroxyl groups is 1. The third-order valence-corrected chi connectivity index (χ3v) is 1.44. The second-order valence-corrected chi connectivity index (χ2v) is 2.23. The molecule has 0 saturated heterocycles. The normalized spacial score (nSPS) is 32.2. The van der Waals surface area contributed by atoms with Gasteiger partial charge in [0.15, 0.2) is 0 Å². The van der Waals surface area contributed by atoms with Gasteiger partial charge >= 0.3 is 0 Å². The van der Waals surface area contributed by atoms with Gasteiger partial charge in [-0.1, -0.05) is 12.2 Å². The van der Waals surface area contributed by atoms with Crippen molar-refractivity contribution in [3.05, 3.63) is 12.2 Å². The van der Waals surface area contributed by atoms with Gasteiger partial charge in [-0.05, 0) is 6.42 Å². The lowest BCUT2D eigenvalue weighted by Crippen LogP contribution is -2.15. The second kappa shape index (κ2) is 3.88. The Morgan fingerprint density at radius 1 is 1.56 bits per heavy atom. The molecule has 2 nitrogen and oxygen atoms in total. The van der Waals surface area contributed by atoms with Crippen LogP contribution in [0.1, 0.15) is 6.42 Å². The first-order valence-electron chi connectivity index (χ1n) is 2.87. The van der Waals surface area contributed by atoms with Crippen LogP contribution in [0.5, 0.6) is 0 Å². The first-order valence-corrected chi connectivity index (χ1v) is 2.87. The summed E-state index contributed by atoms with van der Waals surface area (Å²) in [5, 5.41) is 8.58. The molecule has 0 amide bonds. The molecule has 0 heterocycles. The molecule has 0 spiro atoms. The smallest absolute Gasteiger partial charge is 0.0494 e. The number of rotatable bonds is 1. The Hall–Kier alpha value is -0.0500. The van der Waals surface area contributed by atoms with Crippen LogP contribution >= 0.6 is 12.4 Å². The van der Waals surface area contributed by atoms with Crippen LogP contribution in [-0.4, -0.2) is 17.8 Å². The topological polar surface area (TPSA) is 46.2 Å². The van der Waals surface area contributed by atoms with Crippen molar-refractivity contribution in [3.8, 4) is 0 Å². The van der Waals surface area contributed by atoms with Crippen LogP contribution in [0, 0.1) is 5.92 Å². The van der Waals surface area contributed by atoms with Crippen LogP contribution in [0.2, 0.25) is 0 Å².